The first-order chi connectivity index (χ1) is 7.44. The molecule has 88 valence electrons. The monoisotopic (exact) mass is 228 g/mol. The van der Waals surface area contributed by atoms with E-state index in [2.05, 4.69) is 0 Å². The minimum absolute atomic E-state index is 0.146. The first kappa shape index (κ1) is 12.8. The number of hydrogen-bond donors (Lipinski definition) is 0. The summed E-state index contributed by atoms with van der Waals surface area (Å²) in [5, 5.41) is 0. The topological polar surface area (TPSA) is 26.3 Å². The van der Waals surface area contributed by atoms with Crippen LogP contribution in [0, 0.1) is 11.6 Å². The van der Waals surface area contributed by atoms with E-state index < -0.39 is 23.0 Å². The Bertz CT molecular complexity index is 398. The van der Waals surface area contributed by atoms with Crippen LogP contribution in [0.1, 0.15) is 30.6 Å². The second-order valence-corrected chi connectivity index (χ2v) is 3.74. The fourth-order valence-corrected chi connectivity index (χ4v) is 1.36. The summed E-state index contributed by atoms with van der Waals surface area (Å²) in [6.45, 7) is 3.35. The molecule has 0 aromatic heterocycles. The summed E-state index contributed by atoms with van der Waals surface area (Å²) in [5.41, 5.74) is -1.22. The molecule has 0 saturated carbocycles. The molecule has 1 aromatic rings. The first-order valence-electron chi connectivity index (χ1n) is 4.99. The Morgan fingerprint density at radius 1 is 1.44 bits per heavy atom. The lowest BCUT2D eigenvalue weighted by atomic mass is 9.92. The quantitative estimate of drug-likeness (QED) is 0.740. The summed E-state index contributed by atoms with van der Waals surface area (Å²) in [6, 6.07) is 2.89. The normalized spacial score (nSPS) is 14.6. The Hall–Kier alpha value is -1.29. The van der Waals surface area contributed by atoms with Crippen LogP contribution in [0.15, 0.2) is 18.2 Å². The Labute approximate surface area is 93.2 Å². The van der Waals surface area contributed by atoms with Crippen molar-refractivity contribution in [2.24, 2.45) is 0 Å². The molecule has 0 aliphatic carbocycles. The van der Waals surface area contributed by atoms with Crippen LogP contribution in [0.3, 0.4) is 0 Å². The number of hydrogen-bond acceptors (Lipinski definition) is 2. The molecule has 0 aliphatic heterocycles. The van der Waals surface area contributed by atoms with Gasteiger partial charge < -0.3 is 4.74 Å². The van der Waals surface area contributed by atoms with Crippen LogP contribution in [0.5, 0.6) is 0 Å². The molecule has 0 N–H and O–H groups in total. The number of benzene rings is 1. The van der Waals surface area contributed by atoms with Crippen LogP contribution in [-0.4, -0.2) is 18.5 Å². The third-order valence-corrected chi connectivity index (χ3v) is 2.78. The van der Waals surface area contributed by atoms with Gasteiger partial charge in [-0.1, -0.05) is 6.92 Å². The van der Waals surface area contributed by atoms with Crippen molar-refractivity contribution < 1.29 is 18.3 Å². The summed E-state index contributed by atoms with van der Waals surface area (Å²) in [6.07, 6.45) is 0.416. The summed E-state index contributed by atoms with van der Waals surface area (Å²) >= 11 is 0. The van der Waals surface area contributed by atoms with Crippen LogP contribution >= 0.6 is 0 Å². The predicted molar refractivity (Wildman–Crippen MR) is 56.4 cm³/mol. The maximum absolute atomic E-state index is 13.4. The lowest BCUT2D eigenvalue weighted by Crippen LogP contribution is -2.37. The van der Waals surface area contributed by atoms with E-state index in [1.54, 1.807) is 13.8 Å². The Morgan fingerprint density at radius 3 is 2.50 bits per heavy atom. The van der Waals surface area contributed by atoms with Crippen LogP contribution in [0.25, 0.3) is 0 Å². The molecular formula is C12H14F2O2. The van der Waals surface area contributed by atoms with Gasteiger partial charge in [0.05, 0.1) is 5.56 Å². The molecular weight excluding hydrogens is 214 g/mol. The molecule has 2 nitrogen and oxygen atoms in total. The molecule has 0 aliphatic rings. The molecule has 0 radical (unpaired) electrons. The van der Waals surface area contributed by atoms with Crippen molar-refractivity contribution >= 4 is 5.78 Å². The molecule has 0 spiro atoms. The Balaban J connectivity index is 3.14. The van der Waals surface area contributed by atoms with Crippen LogP contribution in [-0.2, 0) is 4.74 Å². The fraction of sp³-hybridized carbons (Fsp3) is 0.417. The van der Waals surface area contributed by atoms with E-state index in [0.29, 0.717) is 12.5 Å². The van der Waals surface area contributed by atoms with Crippen LogP contribution in [0.4, 0.5) is 8.78 Å². The van der Waals surface area contributed by atoms with E-state index in [4.69, 9.17) is 4.74 Å². The maximum atomic E-state index is 13.4. The molecule has 0 heterocycles. The third kappa shape index (κ3) is 2.27. The second-order valence-electron chi connectivity index (χ2n) is 3.74. The third-order valence-electron chi connectivity index (χ3n) is 2.78. The second kappa shape index (κ2) is 4.70. The predicted octanol–water partition coefficient (Wildman–Crippen LogP) is 2.96. The first-order valence-corrected chi connectivity index (χ1v) is 4.99. The number of rotatable bonds is 4. The van der Waals surface area contributed by atoms with Gasteiger partial charge >= 0.3 is 0 Å². The number of carbonyl (C=O) groups is 1. The minimum Gasteiger partial charge on any atom is -0.370 e. The highest BCUT2D eigenvalue weighted by Gasteiger charge is 2.33. The number of methoxy groups -OCH3 is 1. The maximum Gasteiger partial charge on any atom is 0.197 e. The number of Topliss-reactive ketones (excluding diaryl/α,β-unsaturated/α-hetero) is 1. The van der Waals surface area contributed by atoms with Gasteiger partial charge in [0.25, 0.3) is 0 Å². The number of halogens is 2. The van der Waals surface area contributed by atoms with Crippen molar-refractivity contribution in [1.82, 2.24) is 0 Å². The molecule has 4 heteroatoms. The average Bonchev–Trinajstić information content (AvgIpc) is 2.27. The Kier molecular flexibility index (Phi) is 3.75. The van der Waals surface area contributed by atoms with Gasteiger partial charge in [-0.15, -0.1) is 0 Å². The molecule has 0 saturated heterocycles. The zero-order valence-corrected chi connectivity index (χ0v) is 9.51. The van der Waals surface area contributed by atoms with Gasteiger partial charge in [0.2, 0.25) is 0 Å². The SMILES string of the molecule is CCC(C)(OC)C(=O)c1ccc(F)cc1F. The minimum atomic E-state index is -1.07. The van der Waals surface area contributed by atoms with Gasteiger partial charge in [0.15, 0.2) is 5.78 Å². The average molecular weight is 228 g/mol. The molecule has 1 unspecified atom stereocenters. The highest BCUT2D eigenvalue weighted by molar-refractivity contribution is 6.02. The van der Waals surface area contributed by atoms with E-state index in [1.807, 2.05) is 0 Å². The lowest BCUT2D eigenvalue weighted by Gasteiger charge is -2.25. The molecule has 1 atom stereocenters. The van der Waals surface area contributed by atoms with Crippen LogP contribution in [0.2, 0.25) is 0 Å². The molecule has 1 aromatic carbocycles. The highest BCUT2D eigenvalue weighted by atomic mass is 19.1. The van der Waals surface area contributed by atoms with Gasteiger partial charge in [0, 0.05) is 13.2 Å². The summed E-state index contributed by atoms with van der Waals surface area (Å²) < 4.78 is 31.2. The van der Waals surface area contributed by atoms with E-state index in [0.717, 1.165) is 12.1 Å². The zero-order chi connectivity index (χ0) is 12.3. The largest absolute Gasteiger partial charge is 0.370 e. The van der Waals surface area contributed by atoms with Crippen molar-refractivity contribution in [2.45, 2.75) is 25.9 Å². The number of ketones is 1. The number of ether oxygens (including phenoxy) is 1. The van der Waals surface area contributed by atoms with Crippen molar-refractivity contribution in [2.75, 3.05) is 7.11 Å². The standard InChI is InChI=1S/C12H14F2O2/c1-4-12(2,16-3)11(15)9-6-5-8(13)7-10(9)14/h5-7H,4H2,1-3H3. The molecule has 1 rings (SSSR count). The summed E-state index contributed by atoms with van der Waals surface area (Å²) in [7, 11) is 1.39. The lowest BCUT2D eigenvalue weighted by molar-refractivity contribution is 0.0102. The van der Waals surface area contributed by atoms with E-state index in [9.17, 15) is 13.6 Å². The van der Waals surface area contributed by atoms with Crippen molar-refractivity contribution in [3.8, 4) is 0 Å². The van der Waals surface area contributed by atoms with Crippen molar-refractivity contribution in [1.29, 1.82) is 0 Å². The van der Waals surface area contributed by atoms with Gasteiger partial charge in [-0.25, -0.2) is 8.78 Å². The van der Waals surface area contributed by atoms with Gasteiger partial charge in [-0.3, -0.25) is 4.79 Å². The molecule has 0 fully saturated rings. The molecule has 0 amide bonds. The van der Waals surface area contributed by atoms with Crippen molar-refractivity contribution in [3.63, 3.8) is 0 Å². The molecule has 0 bridgehead atoms. The highest BCUT2D eigenvalue weighted by Crippen LogP contribution is 2.22. The van der Waals surface area contributed by atoms with Crippen LogP contribution < -0.4 is 0 Å². The van der Waals surface area contributed by atoms with Gasteiger partial charge in [-0.2, -0.15) is 0 Å². The zero-order valence-electron chi connectivity index (χ0n) is 9.51. The summed E-state index contributed by atoms with van der Waals surface area (Å²) in [5.74, 6) is -2.04. The van der Waals surface area contributed by atoms with Gasteiger partial charge in [0.1, 0.15) is 17.2 Å². The Morgan fingerprint density at radius 2 is 2.06 bits per heavy atom. The van der Waals surface area contributed by atoms with E-state index >= 15 is 0 Å². The van der Waals surface area contributed by atoms with Crippen molar-refractivity contribution in [3.05, 3.63) is 35.4 Å². The van der Waals surface area contributed by atoms with Gasteiger partial charge in [-0.05, 0) is 25.5 Å². The summed E-state index contributed by atoms with van der Waals surface area (Å²) in [4.78, 5) is 12.0. The van der Waals surface area contributed by atoms with E-state index in [1.165, 1.54) is 7.11 Å². The number of carbonyl (C=O) groups excluding carboxylic acids is 1. The fourth-order valence-electron chi connectivity index (χ4n) is 1.36. The smallest absolute Gasteiger partial charge is 0.197 e. The van der Waals surface area contributed by atoms with E-state index in [-0.39, 0.29) is 5.56 Å². The molecule has 16 heavy (non-hydrogen) atoms.